The van der Waals surface area contributed by atoms with Crippen LogP contribution in [0.5, 0.6) is 0 Å². The van der Waals surface area contributed by atoms with Crippen LogP contribution in [0.4, 0.5) is 0 Å². The van der Waals surface area contributed by atoms with E-state index in [4.69, 9.17) is 44.9 Å². The number of rotatable bonds is 2. The number of hydrogen-bond acceptors (Lipinski definition) is 2. The first-order valence-corrected chi connectivity index (χ1v) is 4.01. The maximum absolute atomic E-state index is 7.07. The average Bonchev–Trinajstić information content (AvgIpc) is 1.86. The Bertz CT molecular complexity index is 162. The molecule has 0 aliphatic rings. The summed E-state index contributed by atoms with van der Waals surface area (Å²) in [6, 6.07) is 0. The quantitative estimate of drug-likeness (QED) is 0.327. The third kappa shape index (κ3) is 5.36. The lowest BCUT2D eigenvalue weighted by atomic mass is 10.5. The number of halogens is 3. The largest absolute Gasteiger partial charge is 0.474 e. The Balaban J connectivity index is 3.71. The molecule has 0 saturated heterocycles. The van der Waals surface area contributed by atoms with Gasteiger partial charge in [-0.3, -0.25) is 5.41 Å². The lowest BCUT2D eigenvalue weighted by Crippen LogP contribution is -2.21. The molecular formula is C6H8Cl3NO. The van der Waals surface area contributed by atoms with Crippen LogP contribution < -0.4 is 0 Å². The van der Waals surface area contributed by atoms with Gasteiger partial charge in [0.1, 0.15) is 6.61 Å². The van der Waals surface area contributed by atoms with Crippen LogP contribution in [0.2, 0.25) is 0 Å². The molecule has 0 rings (SSSR count). The zero-order chi connectivity index (χ0) is 8.91. The molecule has 0 aromatic heterocycles. The molecule has 0 amide bonds. The van der Waals surface area contributed by atoms with Crippen molar-refractivity contribution < 1.29 is 4.74 Å². The van der Waals surface area contributed by atoms with E-state index in [0.29, 0.717) is 0 Å². The molecule has 0 aromatic carbocycles. The molecule has 5 heteroatoms. The maximum atomic E-state index is 7.07. The Morgan fingerprint density at radius 3 is 2.45 bits per heavy atom. The van der Waals surface area contributed by atoms with Crippen molar-refractivity contribution in [2.75, 3.05) is 6.61 Å². The van der Waals surface area contributed by atoms with Crippen molar-refractivity contribution in [2.45, 2.75) is 10.7 Å². The molecule has 0 saturated carbocycles. The fourth-order valence-electron chi connectivity index (χ4n) is 0.310. The summed E-state index contributed by atoms with van der Waals surface area (Å²) in [7, 11) is 0. The highest BCUT2D eigenvalue weighted by Gasteiger charge is 2.28. The molecule has 0 heterocycles. The van der Waals surface area contributed by atoms with Gasteiger partial charge in [0.15, 0.2) is 0 Å². The van der Waals surface area contributed by atoms with Crippen molar-refractivity contribution in [3.63, 3.8) is 0 Å². The minimum Gasteiger partial charge on any atom is -0.474 e. The van der Waals surface area contributed by atoms with Crippen molar-refractivity contribution in [3.05, 3.63) is 12.2 Å². The fourth-order valence-corrected chi connectivity index (χ4v) is 0.473. The van der Waals surface area contributed by atoms with Gasteiger partial charge in [-0.2, -0.15) is 0 Å². The van der Waals surface area contributed by atoms with E-state index in [9.17, 15) is 0 Å². The Morgan fingerprint density at radius 2 is 2.09 bits per heavy atom. The van der Waals surface area contributed by atoms with Gasteiger partial charge < -0.3 is 4.74 Å². The van der Waals surface area contributed by atoms with Crippen LogP contribution in [0.1, 0.15) is 6.92 Å². The van der Waals surface area contributed by atoms with Gasteiger partial charge in [0, 0.05) is 0 Å². The van der Waals surface area contributed by atoms with Gasteiger partial charge in [-0.05, 0) is 6.92 Å². The van der Waals surface area contributed by atoms with Crippen molar-refractivity contribution >= 4 is 40.7 Å². The summed E-state index contributed by atoms with van der Waals surface area (Å²) in [5.41, 5.74) is 0. The molecule has 0 bridgehead atoms. The Labute approximate surface area is 80.6 Å². The lowest BCUT2D eigenvalue weighted by Gasteiger charge is -2.11. The molecule has 1 N–H and O–H groups in total. The van der Waals surface area contributed by atoms with E-state index in [1.165, 1.54) is 0 Å². The second kappa shape index (κ2) is 4.86. The number of alkyl halides is 3. The molecule has 2 nitrogen and oxygen atoms in total. The third-order valence-corrected chi connectivity index (χ3v) is 1.33. The SMILES string of the molecule is C/C=C\COC(=N)C(Cl)(Cl)Cl. The molecule has 64 valence electrons. The van der Waals surface area contributed by atoms with Crippen molar-refractivity contribution in [1.29, 1.82) is 5.41 Å². The summed E-state index contributed by atoms with van der Waals surface area (Å²) in [6.07, 6.45) is 3.50. The van der Waals surface area contributed by atoms with Crippen molar-refractivity contribution in [2.24, 2.45) is 0 Å². The van der Waals surface area contributed by atoms with Gasteiger partial charge in [-0.1, -0.05) is 47.0 Å². The van der Waals surface area contributed by atoms with E-state index in [1.807, 2.05) is 6.92 Å². The van der Waals surface area contributed by atoms with Crippen LogP contribution >= 0.6 is 34.8 Å². The van der Waals surface area contributed by atoms with E-state index in [1.54, 1.807) is 12.2 Å². The minimum atomic E-state index is -1.75. The van der Waals surface area contributed by atoms with E-state index in [-0.39, 0.29) is 12.5 Å². The predicted octanol–water partition coefficient (Wildman–Crippen LogP) is 2.93. The Kier molecular flexibility index (Phi) is 4.89. The van der Waals surface area contributed by atoms with Crippen LogP contribution in [0.15, 0.2) is 12.2 Å². The zero-order valence-electron chi connectivity index (χ0n) is 5.90. The summed E-state index contributed by atoms with van der Waals surface area (Å²) in [4.78, 5) is 0. The highest BCUT2D eigenvalue weighted by Crippen LogP contribution is 2.27. The molecule has 0 aromatic rings. The van der Waals surface area contributed by atoms with Gasteiger partial charge in [0.05, 0.1) is 0 Å². The van der Waals surface area contributed by atoms with Crippen LogP contribution in [-0.4, -0.2) is 16.3 Å². The molecule has 11 heavy (non-hydrogen) atoms. The second-order valence-corrected chi connectivity index (χ2v) is 3.99. The number of allylic oxidation sites excluding steroid dienone is 1. The predicted molar refractivity (Wildman–Crippen MR) is 48.8 cm³/mol. The molecule has 0 radical (unpaired) electrons. The lowest BCUT2D eigenvalue weighted by molar-refractivity contribution is 0.340. The fraction of sp³-hybridized carbons (Fsp3) is 0.500. The van der Waals surface area contributed by atoms with E-state index >= 15 is 0 Å². The second-order valence-electron chi connectivity index (χ2n) is 1.71. The number of hydrogen-bond donors (Lipinski definition) is 1. The van der Waals surface area contributed by atoms with Gasteiger partial charge in [-0.25, -0.2) is 0 Å². The van der Waals surface area contributed by atoms with Gasteiger partial charge in [0.2, 0.25) is 5.90 Å². The van der Waals surface area contributed by atoms with Crippen molar-refractivity contribution in [3.8, 4) is 0 Å². The first-order valence-electron chi connectivity index (χ1n) is 2.88. The minimum absolute atomic E-state index is 0.253. The third-order valence-electron chi connectivity index (χ3n) is 0.817. The van der Waals surface area contributed by atoms with Crippen LogP contribution in [-0.2, 0) is 4.74 Å². The number of ether oxygens (including phenoxy) is 1. The molecule has 0 aliphatic carbocycles. The highest BCUT2D eigenvalue weighted by molar-refractivity contribution is 6.76. The van der Waals surface area contributed by atoms with Crippen LogP contribution in [0.3, 0.4) is 0 Å². The summed E-state index contributed by atoms with van der Waals surface area (Å²) >= 11 is 16.0. The normalized spacial score (nSPS) is 12.0. The van der Waals surface area contributed by atoms with E-state index in [2.05, 4.69) is 0 Å². The molecular weight excluding hydrogens is 208 g/mol. The molecule has 0 aliphatic heterocycles. The summed E-state index contributed by atoms with van der Waals surface area (Å²) in [5.74, 6) is -0.361. The van der Waals surface area contributed by atoms with E-state index in [0.717, 1.165) is 0 Å². The smallest absolute Gasteiger partial charge is 0.265 e. The van der Waals surface area contributed by atoms with Gasteiger partial charge in [0.25, 0.3) is 3.79 Å². The Hall–Kier alpha value is 0.0800. The number of nitrogens with one attached hydrogen (secondary N) is 1. The molecule has 0 spiro atoms. The zero-order valence-corrected chi connectivity index (χ0v) is 8.17. The van der Waals surface area contributed by atoms with Gasteiger partial charge >= 0.3 is 0 Å². The Morgan fingerprint density at radius 1 is 1.55 bits per heavy atom. The first-order chi connectivity index (χ1) is 4.98. The monoisotopic (exact) mass is 215 g/mol. The summed E-state index contributed by atoms with van der Waals surface area (Å²) in [5, 5.41) is 7.07. The first kappa shape index (κ1) is 11.1. The standard InChI is InChI=1S/C6H8Cl3NO/c1-2-3-4-11-5(10)6(7,8)9/h2-3,10H,4H2,1H3/b3-2-,10-5?. The maximum Gasteiger partial charge on any atom is 0.265 e. The molecule has 0 unspecified atom stereocenters. The van der Waals surface area contributed by atoms with E-state index < -0.39 is 3.79 Å². The van der Waals surface area contributed by atoms with Crippen LogP contribution in [0.25, 0.3) is 0 Å². The summed E-state index contributed by atoms with van der Waals surface area (Å²) in [6.45, 7) is 2.09. The molecule has 0 fully saturated rings. The van der Waals surface area contributed by atoms with Crippen molar-refractivity contribution in [1.82, 2.24) is 0 Å². The summed E-state index contributed by atoms with van der Waals surface area (Å²) < 4.78 is 3.00. The van der Waals surface area contributed by atoms with Crippen LogP contribution in [0, 0.1) is 5.41 Å². The average molecular weight is 216 g/mol. The topological polar surface area (TPSA) is 33.1 Å². The molecule has 0 atom stereocenters. The highest BCUT2D eigenvalue weighted by atomic mass is 35.6. The van der Waals surface area contributed by atoms with Gasteiger partial charge in [-0.15, -0.1) is 0 Å².